The fourth-order valence-electron chi connectivity index (χ4n) is 2.99. The van der Waals surface area contributed by atoms with E-state index in [1.165, 1.54) is 0 Å². The summed E-state index contributed by atoms with van der Waals surface area (Å²) in [5.74, 6) is 0. The van der Waals surface area contributed by atoms with E-state index in [4.69, 9.17) is 5.48 Å². The standard InChI is InChI=1S/C17H18N2/c1-3-7-15-13(5-1)11-14-6-2-4-8-16(14)19-10-9-18-12-17(15)19/h1-8,17-18H,9-12H2/i9D2,12D2. The first-order chi connectivity index (χ1) is 10.9. The monoisotopic (exact) mass is 254 g/mol. The predicted molar refractivity (Wildman–Crippen MR) is 78.6 cm³/mol. The van der Waals surface area contributed by atoms with Crippen molar-refractivity contribution in [3.8, 4) is 0 Å². The molecule has 0 radical (unpaired) electrons. The van der Waals surface area contributed by atoms with Crippen molar-refractivity contribution in [3.05, 3.63) is 65.2 Å². The summed E-state index contributed by atoms with van der Waals surface area (Å²) in [4.78, 5) is 1.89. The summed E-state index contributed by atoms with van der Waals surface area (Å²) in [6, 6.07) is 15.3. The summed E-state index contributed by atoms with van der Waals surface area (Å²) >= 11 is 0. The first-order valence-corrected chi connectivity index (χ1v) is 6.59. The second kappa shape index (κ2) is 4.39. The molecule has 2 aromatic carbocycles. The van der Waals surface area contributed by atoms with Crippen LogP contribution in [0.2, 0.25) is 0 Å². The fraction of sp³-hybridized carbons (Fsp3) is 0.294. The van der Waals surface area contributed by atoms with Gasteiger partial charge in [-0.15, -0.1) is 0 Å². The molecular weight excluding hydrogens is 232 g/mol. The van der Waals surface area contributed by atoms with Gasteiger partial charge < -0.3 is 10.2 Å². The normalized spacial score (nSPS) is 29.5. The van der Waals surface area contributed by atoms with Crippen LogP contribution in [0.5, 0.6) is 0 Å². The van der Waals surface area contributed by atoms with Crippen molar-refractivity contribution in [1.29, 1.82) is 0 Å². The van der Waals surface area contributed by atoms with E-state index < -0.39 is 19.0 Å². The van der Waals surface area contributed by atoms with E-state index in [2.05, 4.69) is 5.32 Å². The van der Waals surface area contributed by atoms with Gasteiger partial charge in [-0.3, -0.25) is 0 Å². The zero-order chi connectivity index (χ0) is 16.2. The third-order valence-electron chi connectivity index (χ3n) is 3.89. The van der Waals surface area contributed by atoms with Crippen molar-refractivity contribution in [2.45, 2.75) is 12.5 Å². The van der Waals surface area contributed by atoms with Gasteiger partial charge in [0.2, 0.25) is 0 Å². The third kappa shape index (κ3) is 1.75. The molecule has 0 aromatic heterocycles. The Morgan fingerprint density at radius 3 is 2.79 bits per heavy atom. The molecule has 19 heavy (non-hydrogen) atoms. The highest BCUT2D eigenvalue weighted by Gasteiger charge is 2.29. The minimum absolute atomic E-state index is 0.114. The molecule has 0 spiro atoms. The lowest BCUT2D eigenvalue weighted by atomic mass is 9.96. The highest BCUT2D eigenvalue weighted by molar-refractivity contribution is 5.60. The van der Waals surface area contributed by atoms with Crippen molar-refractivity contribution in [2.24, 2.45) is 0 Å². The lowest BCUT2D eigenvalue weighted by Crippen LogP contribution is -2.46. The molecule has 96 valence electrons. The average molecular weight is 254 g/mol. The summed E-state index contributed by atoms with van der Waals surface area (Å²) in [5, 5.41) is 2.56. The van der Waals surface area contributed by atoms with E-state index >= 15 is 0 Å². The highest BCUT2D eigenvalue weighted by atomic mass is 15.2. The SMILES string of the molecule is [2H]C1([2H])CN2c3ccccc3Cc3ccccc3C2C([2H])([2H])N1. The van der Waals surface area contributed by atoms with Gasteiger partial charge in [0.25, 0.3) is 0 Å². The molecule has 1 unspecified atom stereocenters. The maximum Gasteiger partial charge on any atom is 0.0670 e. The number of rotatable bonds is 0. The van der Waals surface area contributed by atoms with Gasteiger partial charge >= 0.3 is 0 Å². The first kappa shape index (κ1) is 7.71. The smallest absolute Gasteiger partial charge is 0.0670 e. The highest BCUT2D eigenvalue weighted by Crippen LogP contribution is 2.37. The molecule has 2 nitrogen and oxygen atoms in total. The quantitative estimate of drug-likeness (QED) is 0.777. The molecule has 2 aromatic rings. The van der Waals surface area contributed by atoms with Crippen molar-refractivity contribution in [2.75, 3.05) is 24.4 Å². The van der Waals surface area contributed by atoms with Crippen LogP contribution in [-0.4, -0.2) is 19.5 Å². The van der Waals surface area contributed by atoms with Crippen LogP contribution >= 0.6 is 0 Å². The Balaban J connectivity index is 1.97. The molecule has 2 aliphatic heterocycles. The van der Waals surface area contributed by atoms with Crippen LogP contribution in [0.4, 0.5) is 5.69 Å². The molecule has 2 heteroatoms. The van der Waals surface area contributed by atoms with Crippen LogP contribution in [-0.2, 0) is 6.42 Å². The molecule has 0 saturated carbocycles. The molecule has 2 aliphatic rings. The van der Waals surface area contributed by atoms with Crippen LogP contribution in [0.15, 0.2) is 48.5 Å². The van der Waals surface area contributed by atoms with E-state index in [9.17, 15) is 0 Å². The minimum Gasteiger partial charge on any atom is -0.362 e. The van der Waals surface area contributed by atoms with Gasteiger partial charge in [-0.2, -0.15) is 0 Å². The summed E-state index contributed by atoms with van der Waals surface area (Å²) in [6.07, 6.45) is 0.735. The van der Waals surface area contributed by atoms with Gasteiger partial charge in [0.15, 0.2) is 0 Å². The topological polar surface area (TPSA) is 15.3 Å². The van der Waals surface area contributed by atoms with Gasteiger partial charge in [-0.05, 0) is 29.2 Å². The Bertz CT molecular complexity index is 760. The maximum atomic E-state index is 8.45. The van der Waals surface area contributed by atoms with E-state index in [1.54, 1.807) is 0 Å². The lowest BCUT2D eigenvalue weighted by Gasteiger charge is -2.38. The zero-order valence-electron chi connectivity index (χ0n) is 14.6. The van der Waals surface area contributed by atoms with E-state index in [1.807, 2.05) is 53.4 Å². The summed E-state index contributed by atoms with van der Waals surface area (Å²) in [7, 11) is 0. The second-order valence-electron chi connectivity index (χ2n) is 4.98. The van der Waals surface area contributed by atoms with E-state index in [0.717, 1.165) is 28.8 Å². The molecular formula is C17H18N2. The van der Waals surface area contributed by atoms with Crippen molar-refractivity contribution >= 4 is 5.69 Å². The molecule has 1 fully saturated rings. The van der Waals surface area contributed by atoms with Crippen LogP contribution < -0.4 is 10.2 Å². The fourth-order valence-corrected chi connectivity index (χ4v) is 2.99. The van der Waals surface area contributed by atoms with Crippen LogP contribution in [0, 0.1) is 0 Å². The Hall–Kier alpha value is -1.80. The number of para-hydroxylation sites is 1. The van der Waals surface area contributed by atoms with E-state index in [0.29, 0.717) is 0 Å². The first-order valence-electron chi connectivity index (χ1n) is 8.59. The zero-order valence-corrected chi connectivity index (χ0v) is 10.6. The van der Waals surface area contributed by atoms with Gasteiger partial charge in [0.05, 0.1) is 6.04 Å². The number of nitrogens with zero attached hydrogens (tertiary/aromatic N) is 1. The number of nitrogens with one attached hydrogen (secondary N) is 1. The number of hydrogen-bond donors (Lipinski definition) is 1. The van der Waals surface area contributed by atoms with E-state index in [-0.39, 0.29) is 6.54 Å². The summed E-state index contributed by atoms with van der Waals surface area (Å²) in [6.45, 7) is -3.54. The molecule has 2 heterocycles. The summed E-state index contributed by atoms with van der Waals surface area (Å²) in [5.41, 5.74) is 4.05. The largest absolute Gasteiger partial charge is 0.362 e. The second-order valence-corrected chi connectivity index (χ2v) is 4.98. The van der Waals surface area contributed by atoms with Gasteiger partial charge in [-0.1, -0.05) is 42.5 Å². The number of benzene rings is 2. The number of hydrogen-bond acceptors (Lipinski definition) is 2. The lowest BCUT2D eigenvalue weighted by molar-refractivity contribution is 0.490. The van der Waals surface area contributed by atoms with Crippen LogP contribution in [0.1, 0.15) is 28.2 Å². The maximum absolute atomic E-state index is 8.45. The van der Waals surface area contributed by atoms with Gasteiger partial charge in [-0.25, -0.2) is 0 Å². The molecule has 1 N–H and O–H groups in total. The molecule has 1 saturated heterocycles. The summed E-state index contributed by atoms with van der Waals surface area (Å²) < 4.78 is 33.1. The Kier molecular flexibility index (Phi) is 1.78. The molecule has 0 bridgehead atoms. The number of anilines is 1. The van der Waals surface area contributed by atoms with Crippen molar-refractivity contribution in [1.82, 2.24) is 5.32 Å². The van der Waals surface area contributed by atoms with Crippen LogP contribution in [0.25, 0.3) is 0 Å². The van der Waals surface area contributed by atoms with Crippen LogP contribution in [0.3, 0.4) is 0 Å². The minimum atomic E-state index is -1.87. The third-order valence-corrected chi connectivity index (χ3v) is 3.89. The molecule has 4 rings (SSSR count). The molecule has 1 atom stereocenters. The van der Waals surface area contributed by atoms with Crippen molar-refractivity contribution in [3.63, 3.8) is 0 Å². The molecule has 0 amide bonds. The number of piperazine rings is 1. The Morgan fingerprint density at radius 1 is 1.05 bits per heavy atom. The Labute approximate surface area is 119 Å². The Morgan fingerprint density at radius 2 is 1.84 bits per heavy atom. The predicted octanol–water partition coefficient (Wildman–Crippen LogP) is 2.74. The molecule has 0 aliphatic carbocycles. The number of fused-ring (bicyclic) bond motifs is 5. The van der Waals surface area contributed by atoms with Gasteiger partial charge in [0, 0.05) is 30.7 Å². The average Bonchev–Trinajstić information content (AvgIpc) is 2.60. The van der Waals surface area contributed by atoms with Crippen molar-refractivity contribution < 1.29 is 5.48 Å². The van der Waals surface area contributed by atoms with Gasteiger partial charge in [0.1, 0.15) is 0 Å².